The largest absolute Gasteiger partial charge is 0.503 e. The SMILES string of the molecule is COC=C(C(=O)O)c1ccccc1COc1cc(Cl)c(OCCC(C)(C)C)c(Cl)c1. The lowest BCUT2D eigenvalue weighted by Crippen LogP contribution is -2.11. The highest BCUT2D eigenvalue weighted by Gasteiger charge is 2.17. The van der Waals surface area contributed by atoms with Gasteiger partial charge in [0.2, 0.25) is 0 Å². The van der Waals surface area contributed by atoms with Crippen LogP contribution < -0.4 is 9.47 Å². The molecule has 2 aromatic carbocycles. The Morgan fingerprint density at radius 1 is 1.10 bits per heavy atom. The summed E-state index contributed by atoms with van der Waals surface area (Å²) in [5.41, 5.74) is 1.36. The molecule has 0 heterocycles. The van der Waals surface area contributed by atoms with Crippen LogP contribution in [0.2, 0.25) is 10.0 Å². The van der Waals surface area contributed by atoms with Crippen LogP contribution in [0.5, 0.6) is 11.5 Å². The summed E-state index contributed by atoms with van der Waals surface area (Å²) in [6.45, 7) is 7.02. The number of hydrogen-bond donors (Lipinski definition) is 1. The minimum Gasteiger partial charge on any atom is -0.503 e. The van der Waals surface area contributed by atoms with Gasteiger partial charge >= 0.3 is 5.97 Å². The third-order valence-corrected chi connectivity index (χ3v) is 4.80. The van der Waals surface area contributed by atoms with Crippen LogP contribution in [-0.4, -0.2) is 24.8 Å². The summed E-state index contributed by atoms with van der Waals surface area (Å²) >= 11 is 12.7. The predicted octanol–water partition coefficient (Wildman–Crippen LogP) is 6.46. The summed E-state index contributed by atoms with van der Waals surface area (Å²) in [5.74, 6) is -0.214. The molecule has 30 heavy (non-hydrogen) atoms. The second-order valence-electron chi connectivity index (χ2n) is 7.89. The molecule has 0 saturated heterocycles. The molecule has 0 aliphatic carbocycles. The van der Waals surface area contributed by atoms with Gasteiger partial charge in [-0.3, -0.25) is 0 Å². The van der Waals surface area contributed by atoms with Crippen molar-refractivity contribution in [2.75, 3.05) is 13.7 Å². The van der Waals surface area contributed by atoms with E-state index in [0.29, 0.717) is 39.3 Å². The standard InChI is InChI=1S/C23H26Cl2O5/c1-23(2,3)9-10-29-21-19(24)11-16(12-20(21)25)30-13-15-7-5-6-8-17(15)18(14-28-4)22(26)27/h5-8,11-12,14H,9-10,13H2,1-4H3,(H,26,27). The molecule has 2 aromatic rings. The normalized spacial score (nSPS) is 11.9. The number of carboxylic acid groups (broad SMARTS) is 1. The topological polar surface area (TPSA) is 65.0 Å². The van der Waals surface area contributed by atoms with Gasteiger partial charge in [-0.2, -0.15) is 0 Å². The molecule has 0 aliphatic rings. The summed E-state index contributed by atoms with van der Waals surface area (Å²) in [6.07, 6.45) is 2.05. The maximum absolute atomic E-state index is 11.6. The van der Waals surface area contributed by atoms with Crippen molar-refractivity contribution < 1.29 is 24.1 Å². The van der Waals surface area contributed by atoms with Crippen molar-refractivity contribution in [3.63, 3.8) is 0 Å². The monoisotopic (exact) mass is 452 g/mol. The van der Waals surface area contributed by atoms with E-state index in [1.807, 2.05) is 0 Å². The highest BCUT2D eigenvalue weighted by molar-refractivity contribution is 6.37. The molecule has 1 N–H and O–H groups in total. The van der Waals surface area contributed by atoms with Gasteiger partial charge in [-0.05, 0) is 23.0 Å². The molecule has 0 aromatic heterocycles. The van der Waals surface area contributed by atoms with Gasteiger partial charge in [0.05, 0.1) is 30.0 Å². The number of aliphatic carboxylic acids is 1. The van der Waals surface area contributed by atoms with Crippen molar-refractivity contribution >= 4 is 34.7 Å². The van der Waals surface area contributed by atoms with Gasteiger partial charge < -0.3 is 19.3 Å². The first kappa shape index (κ1) is 23.9. The predicted molar refractivity (Wildman–Crippen MR) is 119 cm³/mol. The Morgan fingerprint density at radius 2 is 1.73 bits per heavy atom. The lowest BCUT2D eigenvalue weighted by molar-refractivity contribution is -0.130. The Balaban J connectivity index is 2.16. The Morgan fingerprint density at radius 3 is 2.30 bits per heavy atom. The van der Waals surface area contributed by atoms with Crippen molar-refractivity contribution in [3.05, 3.63) is 63.8 Å². The van der Waals surface area contributed by atoms with E-state index in [-0.39, 0.29) is 17.6 Å². The lowest BCUT2D eigenvalue weighted by atomic mass is 9.93. The van der Waals surface area contributed by atoms with E-state index in [1.54, 1.807) is 36.4 Å². The lowest BCUT2D eigenvalue weighted by Gasteiger charge is -2.19. The van der Waals surface area contributed by atoms with E-state index in [1.165, 1.54) is 13.4 Å². The van der Waals surface area contributed by atoms with Crippen LogP contribution in [0.3, 0.4) is 0 Å². The van der Waals surface area contributed by atoms with Crippen molar-refractivity contribution in [1.29, 1.82) is 0 Å². The molecule has 0 radical (unpaired) electrons. The van der Waals surface area contributed by atoms with Crippen molar-refractivity contribution in [2.45, 2.75) is 33.8 Å². The third kappa shape index (κ3) is 6.85. The maximum atomic E-state index is 11.6. The molecule has 0 unspecified atom stereocenters. The summed E-state index contributed by atoms with van der Waals surface area (Å²) in [5, 5.41) is 10.2. The van der Waals surface area contributed by atoms with Gasteiger partial charge in [-0.15, -0.1) is 0 Å². The smallest absolute Gasteiger partial charge is 0.339 e. The molecular formula is C23H26Cl2O5. The van der Waals surface area contributed by atoms with Crippen molar-refractivity contribution in [3.8, 4) is 11.5 Å². The number of methoxy groups -OCH3 is 1. The van der Waals surface area contributed by atoms with Crippen LogP contribution in [0.25, 0.3) is 5.57 Å². The van der Waals surface area contributed by atoms with Crippen LogP contribution in [0.1, 0.15) is 38.3 Å². The number of carbonyl (C=O) groups is 1. The van der Waals surface area contributed by atoms with Crippen LogP contribution >= 0.6 is 23.2 Å². The molecule has 0 amide bonds. The molecular weight excluding hydrogens is 427 g/mol. The number of rotatable bonds is 9. The number of ether oxygens (including phenoxy) is 3. The Labute approximate surface area is 187 Å². The van der Waals surface area contributed by atoms with Gasteiger partial charge in [-0.25, -0.2) is 4.79 Å². The van der Waals surface area contributed by atoms with Crippen molar-refractivity contribution in [2.24, 2.45) is 5.41 Å². The fourth-order valence-corrected chi connectivity index (χ4v) is 3.21. The Hall–Kier alpha value is -2.37. The summed E-state index contributed by atoms with van der Waals surface area (Å²) < 4.78 is 16.5. The van der Waals surface area contributed by atoms with Crippen LogP contribution in [0.15, 0.2) is 42.7 Å². The molecule has 162 valence electrons. The number of hydrogen-bond acceptors (Lipinski definition) is 4. The molecule has 0 fully saturated rings. The molecule has 5 nitrogen and oxygen atoms in total. The van der Waals surface area contributed by atoms with Crippen molar-refractivity contribution in [1.82, 2.24) is 0 Å². The first-order valence-electron chi connectivity index (χ1n) is 9.41. The highest BCUT2D eigenvalue weighted by atomic mass is 35.5. The molecule has 7 heteroatoms. The van der Waals surface area contributed by atoms with Crippen LogP contribution in [0.4, 0.5) is 0 Å². The zero-order valence-corrected chi connectivity index (χ0v) is 19.0. The minimum absolute atomic E-state index is 0.0374. The fraction of sp³-hybridized carbons (Fsp3) is 0.348. The molecule has 2 rings (SSSR count). The van der Waals surface area contributed by atoms with E-state index in [2.05, 4.69) is 20.8 Å². The number of benzene rings is 2. The molecule has 0 aliphatic heterocycles. The molecule has 0 bridgehead atoms. The Bertz CT molecular complexity index is 893. The number of halogens is 2. The van der Waals surface area contributed by atoms with E-state index in [4.69, 9.17) is 37.4 Å². The van der Waals surface area contributed by atoms with Crippen LogP contribution in [-0.2, 0) is 16.1 Å². The second kappa shape index (κ2) is 10.6. The minimum atomic E-state index is -1.09. The molecule has 0 atom stereocenters. The van der Waals surface area contributed by atoms with Crippen LogP contribution in [0, 0.1) is 5.41 Å². The second-order valence-corrected chi connectivity index (χ2v) is 8.71. The Kier molecular flexibility index (Phi) is 8.44. The summed E-state index contributed by atoms with van der Waals surface area (Å²) in [7, 11) is 1.40. The zero-order valence-electron chi connectivity index (χ0n) is 17.5. The van der Waals surface area contributed by atoms with Gasteiger partial charge in [0.25, 0.3) is 0 Å². The van der Waals surface area contributed by atoms with Gasteiger partial charge in [0, 0.05) is 12.1 Å². The first-order valence-corrected chi connectivity index (χ1v) is 10.2. The maximum Gasteiger partial charge on any atom is 0.339 e. The average molecular weight is 453 g/mol. The first-order chi connectivity index (χ1) is 14.1. The van der Waals surface area contributed by atoms with Gasteiger partial charge in [-0.1, -0.05) is 68.2 Å². The number of carboxylic acids is 1. The highest BCUT2D eigenvalue weighted by Crippen LogP contribution is 2.38. The third-order valence-electron chi connectivity index (χ3n) is 4.24. The summed E-state index contributed by atoms with van der Waals surface area (Å²) in [4.78, 5) is 11.6. The average Bonchev–Trinajstić information content (AvgIpc) is 2.66. The van der Waals surface area contributed by atoms with E-state index in [9.17, 15) is 9.90 Å². The van der Waals surface area contributed by atoms with Gasteiger partial charge in [0.1, 0.15) is 17.9 Å². The molecule has 0 saturated carbocycles. The van der Waals surface area contributed by atoms with Gasteiger partial charge in [0.15, 0.2) is 5.75 Å². The van der Waals surface area contributed by atoms with E-state index >= 15 is 0 Å². The van der Waals surface area contributed by atoms with E-state index in [0.717, 1.165) is 6.42 Å². The zero-order chi connectivity index (χ0) is 22.3. The summed E-state index contributed by atoms with van der Waals surface area (Å²) in [6, 6.07) is 10.3. The van der Waals surface area contributed by atoms with E-state index < -0.39 is 5.97 Å². The molecule has 0 spiro atoms. The fourth-order valence-electron chi connectivity index (χ4n) is 2.63. The quantitative estimate of drug-likeness (QED) is 0.349.